The van der Waals surface area contributed by atoms with Crippen molar-refractivity contribution in [3.8, 4) is 5.75 Å². The van der Waals surface area contributed by atoms with Crippen LogP contribution < -0.4 is 10.1 Å². The number of rotatable bonds is 7. The Labute approximate surface area is 128 Å². The maximum Gasteiger partial charge on any atom is 0.273 e. The first-order chi connectivity index (χ1) is 9.80. The third-order valence-electron chi connectivity index (χ3n) is 3.14. The summed E-state index contributed by atoms with van der Waals surface area (Å²) in [7, 11) is 1.37. The van der Waals surface area contributed by atoms with Gasteiger partial charge in [0.2, 0.25) is 0 Å². The molecule has 1 aromatic carbocycles. The molecule has 7 heteroatoms. The first-order valence-corrected chi connectivity index (χ1v) is 7.01. The van der Waals surface area contributed by atoms with Gasteiger partial charge in [0, 0.05) is 18.5 Å². The third kappa shape index (κ3) is 4.90. The second-order valence-corrected chi connectivity index (χ2v) is 5.81. The highest BCUT2D eigenvalue weighted by Crippen LogP contribution is 2.25. The third-order valence-corrected chi connectivity index (χ3v) is 3.33. The van der Waals surface area contributed by atoms with E-state index in [9.17, 15) is 14.9 Å². The second-order valence-electron chi connectivity index (χ2n) is 5.43. The maximum absolute atomic E-state index is 12.2. The maximum atomic E-state index is 12.2. The minimum atomic E-state index is -0.534. The van der Waals surface area contributed by atoms with Crippen LogP contribution in [0.15, 0.2) is 18.2 Å². The molecule has 0 aromatic heterocycles. The summed E-state index contributed by atoms with van der Waals surface area (Å²) < 4.78 is 5.05. The molecule has 0 radical (unpaired) electrons. The van der Waals surface area contributed by atoms with Crippen LogP contribution in [0.4, 0.5) is 5.69 Å². The number of carbonyl (C=O) groups is 1. The molecule has 1 aromatic rings. The summed E-state index contributed by atoms with van der Waals surface area (Å²) in [6.07, 6.45) is 0.770. The summed E-state index contributed by atoms with van der Waals surface area (Å²) in [6.45, 7) is 4.46. The van der Waals surface area contributed by atoms with Crippen molar-refractivity contribution in [3.63, 3.8) is 0 Å². The number of hydrogen-bond donors (Lipinski definition) is 1. The fourth-order valence-corrected chi connectivity index (χ4v) is 2.25. The molecule has 116 valence electrons. The van der Waals surface area contributed by atoms with Crippen LogP contribution in [0, 0.1) is 15.5 Å². The first-order valence-electron chi connectivity index (χ1n) is 6.47. The molecule has 1 N–H and O–H groups in total. The van der Waals surface area contributed by atoms with Crippen LogP contribution in [0.2, 0.25) is 0 Å². The normalized spacial score (nSPS) is 11.0. The second kappa shape index (κ2) is 7.26. The van der Waals surface area contributed by atoms with Crippen molar-refractivity contribution in [2.75, 3.05) is 19.5 Å². The van der Waals surface area contributed by atoms with Crippen molar-refractivity contribution >= 4 is 23.2 Å². The topological polar surface area (TPSA) is 81.5 Å². The summed E-state index contributed by atoms with van der Waals surface area (Å²) in [6, 6.07) is 3.90. The quantitative estimate of drug-likeness (QED) is 0.476. The summed E-state index contributed by atoms with van der Waals surface area (Å²) in [4.78, 5) is 22.3. The largest absolute Gasteiger partial charge is 0.496 e. The van der Waals surface area contributed by atoms with E-state index in [1.54, 1.807) is 0 Å². The minimum Gasteiger partial charge on any atom is -0.496 e. The van der Waals surface area contributed by atoms with E-state index in [2.05, 4.69) is 5.32 Å². The average molecular weight is 315 g/mol. The van der Waals surface area contributed by atoms with Crippen LogP contribution in [0.25, 0.3) is 0 Å². The first kappa shape index (κ1) is 17.2. The Balaban J connectivity index is 2.85. The molecule has 1 rings (SSSR count). The number of ether oxygens (including phenoxy) is 1. The molecule has 0 unspecified atom stereocenters. The van der Waals surface area contributed by atoms with Crippen molar-refractivity contribution in [1.82, 2.24) is 5.32 Å². The predicted octanol–water partition coefficient (Wildman–Crippen LogP) is 2.99. The van der Waals surface area contributed by atoms with Gasteiger partial charge in [0.1, 0.15) is 5.75 Å². The van der Waals surface area contributed by atoms with Gasteiger partial charge in [0.05, 0.1) is 23.7 Å². The zero-order valence-corrected chi connectivity index (χ0v) is 13.1. The Kier molecular flexibility index (Phi) is 5.96. The van der Waals surface area contributed by atoms with E-state index in [4.69, 9.17) is 16.3 Å². The summed E-state index contributed by atoms with van der Waals surface area (Å²) >= 11 is 5.72. The molecule has 1 amide bonds. The smallest absolute Gasteiger partial charge is 0.273 e. The van der Waals surface area contributed by atoms with Gasteiger partial charge in [-0.1, -0.05) is 13.8 Å². The number of nitrogens with zero attached hydrogens (tertiary/aromatic N) is 1. The lowest BCUT2D eigenvalue weighted by molar-refractivity contribution is -0.384. The van der Waals surface area contributed by atoms with Gasteiger partial charge in [-0.25, -0.2) is 0 Å². The van der Waals surface area contributed by atoms with Gasteiger partial charge >= 0.3 is 0 Å². The molecule has 0 aliphatic heterocycles. The van der Waals surface area contributed by atoms with Gasteiger partial charge in [-0.15, -0.1) is 11.6 Å². The average Bonchev–Trinajstić information content (AvgIpc) is 2.44. The molecule has 0 spiro atoms. The number of non-ortho nitro benzene ring substituents is 1. The summed E-state index contributed by atoms with van der Waals surface area (Å²) in [5.74, 6) is 0.366. The Morgan fingerprint density at radius 1 is 1.48 bits per heavy atom. The number of nitro benzene ring substituents is 1. The molecule has 0 aliphatic rings. The lowest BCUT2D eigenvalue weighted by atomic mass is 9.90. The van der Waals surface area contributed by atoms with Crippen LogP contribution in [-0.4, -0.2) is 30.4 Å². The van der Waals surface area contributed by atoms with Crippen molar-refractivity contribution < 1.29 is 14.5 Å². The van der Waals surface area contributed by atoms with Crippen molar-refractivity contribution in [1.29, 1.82) is 0 Å². The zero-order chi connectivity index (χ0) is 16.0. The Hall–Kier alpha value is -1.82. The number of methoxy groups -OCH3 is 1. The van der Waals surface area contributed by atoms with Crippen molar-refractivity contribution in [2.45, 2.75) is 20.3 Å². The van der Waals surface area contributed by atoms with Crippen molar-refractivity contribution in [3.05, 3.63) is 33.9 Å². The monoisotopic (exact) mass is 314 g/mol. The van der Waals surface area contributed by atoms with E-state index in [1.807, 2.05) is 13.8 Å². The highest BCUT2D eigenvalue weighted by atomic mass is 35.5. The van der Waals surface area contributed by atoms with Crippen LogP contribution in [0.1, 0.15) is 30.6 Å². The molecule has 0 bridgehead atoms. The van der Waals surface area contributed by atoms with E-state index < -0.39 is 4.92 Å². The number of nitrogens with one attached hydrogen (secondary N) is 1. The molecule has 0 saturated heterocycles. The Morgan fingerprint density at radius 3 is 2.67 bits per heavy atom. The number of benzene rings is 1. The van der Waals surface area contributed by atoms with Crippen LogP contribution in [0.3, 0.4) is 0 Å². The Bertz CT molecular complexity index is 532. The number of carbonyl (C=O) groups excluding carboxylic acids is 1. The molecular weight excluding hydrogens is 296 g/mol. The van der Waals surface area contributed by atoms with Gasteiger partial charge in [0.25, 0.3) is 11.6 Å². The van der Waals surface area contributed by atoms with Gasteiger partial charge < -0.3 is 10.1 Å². The lowest BCUT2D eigenvalue weighted by Crippen LogP contribution is -2.34. The van der Waals surface area contributed by atoms with E-state index in [0.29, 0.717) is 12.4 Å². The standard InChI is InChI=1S/C14H19ClN2O4/c1-14(2,6-7-15)9-16-13(18)11-5-4-10(17(19)20)8-12(11)21-3/h4-5,8H,6-7,9H2,1-3H3,(H,16,18). The van der Waals surface area contributed by atoms with Gasteiger partial charge in [-0.2, -0.15) is 0 Å². The van der Waals surface area contributed by atoms with E-state index in [1.165, 1.54) is 25.3 Å². The number of halogens is 1. The van der Waals surface area contributed by atoms with E-state index in [0.717, 1.165) is 6.42 Å². The Morgan fingerprint density at radius 2 is 2.14 bits per heavy atom. The molecule has 0 fully saturated rings. The number of amides is 1. The van der Waals surface area contributed by atoms with Gasteiger partial charge in [0.15, 0.2) is 0 Å². The minimum absolute atomic E-state index is 0.120. The molecule has 0 saturated carbocycles. The molecule has 0 heterocycles. The number of hydrogen-bond acceptors (Lipinski definition) is 4. The summed E-state index contributed by atoms with van der Waals surface area (Å²) in [5, 5.41) is 13.5. The highest BCUT2D eigenvalue weighted by Gasteiger charge is 2.21. The fraction of sp³-hybridized carbons (Fsp3) is 0.500. The lowest BCUT2D eigenvalue weighted by Gasteiger charge is -2.24. The predicted molar refractivity (Wildman–Crippen MR) is 81.1 cm³/mol. The van der Waals surface area contributed by atoms with Gasteiger partial charge in [-0.3, -0.25) is 14.9 Å². The van der Waals surface area contributed by atoms with E-state index >= 15 is 0 Å². The molecular formula is C14H19ClN2O4. The highest BCUT2D eigenvalue weighted by molar-refractivity contribution is 6.17. The van der Waals surface area contributed by atoms with Gasteiger partial charge in [-0.05, 0) is 17.9 Å². The molecule has 0 atom stereocenters. The van der Waals surface area contributed by atoms with Crippen LogP contribution in [0.5, 0.6) is 5.75 Å². The number of nitro groups is 1. The molecule has 6 nitrogen and oxygen atoms in total. The molecule has 0 aliphatic carbocycles. The fourth-order valence-electron chi connectivity index (χ4n) is 1.74. The zero-order valence-electron chi connectivity index (χ0n) is 12.3. The van der Waals surface area contributed by atoms with Crippen LogP contribution >= 0.6 is 11.6 Å². The summed E-state index contributed by atoms with van der Waals surface area (Å²) in [5.41, 5.74) is 0.0291. The van der Waals surface area contributed by atoms with E-state index in [-0.39, 0.29) is 28.3 Å². The SMILES string of the molecule is COc1cc([N+](=O)[O-])ccc1C(=O)NCC(C)(C)CCCl. The van der Waals surface area contributed by atoms with Crippen molar-refractivity contribution in [2.24, 2.45) is 5.41 Å². The van der Waals surface area contributed by atoms with Crippen LogP contribution in [-0.2, 0) is 0 Å². The number of alkyl halides is 1. The molecule has 21 heavy (non-hydrogen) atoms.